The van der Waals surface area contributed by atoms with Gasteiger partial charge in [0.1, 0.15) is 10.7 Å². The molecule has 122 valence electrons. The Morgan fingerprint density at radius 1 is 1.22 bits per heavy atom. The maximum Gasteiger partial charge on any atom is 0.265 e. The third-order valence-electron chi connectivity index (χ3n) is 2.88. The number of phenols is 1. The fourth-order valence-electron chi connectivity index (χ4n) is 1.82. The number of anilines is 1. The van der Waals surface area contributed by atoms with E-state index in [1.165, 1.54) is 6.07 Å². The predicted octanol–water partition coefficient (Wildman–Crippen LogP) is 3.84. The minimum atomic E-state index is -4.25. The summed E-state index contributed by atoms with van der Waals surface area (Å²) >= 11 is 11.4. The molecule has 0 bridgehead atoms. The van der Waals surface area contributed by atoms with Crippen molar-refractivity contribution >= 4 is 44.7 Å². The highest BCUT2D eigenvalue weighted by molar-refractivity contribution is 7.92. The molecule has 5 nitrogen and oxygen atoms in total. The zero-order valence-electron chi connectivity index (χ0n) is 11.6. The van der Waals surface area contributed by atoms with Gasteiger partial charge in [-0.05, 0) is 37.3 Å². The maximum atomic E-state index is 13.5. The van der Waals surface area contributed by atoms with Gasteiger partial charge in [-0.2, -0.15) is 0 Å². The Kier molecular flexibility index (Phi) is 4.84. The van der Waals surface area contributed by atoms with Crippen LogP contribution in [0.4, 0.5) is 10.1 Å². The molecule has 2 N–H and O–H groups in total. The number of carbonyl (C=O) groups is 1. The molecule has 0 atom stereocenters. The lowest BCUT2D eigenvalue weighted by atomic mass is 10.1. The Morgan fingerprint density at radius 2 is 1.87 bits per heavy atom. The summed E-state index contributed by atoms with van der Waals surface area (Å²) in [5.74, 6) is -2.00. The van der Waals surface area contributed by atoms with Crippen LogP contribution in [0.15, 0.2) is 35.2 Å². The monoisotopic (exact) mass is 377 g/mol. The van der Waals surface area contributed by atoms with Crippen LogP contribution in [0.25, 0.3) is 0 Å². The van der Waals surface area contributed by atoms with E-state index in [1.54, 1.807) is 0 Å². The Morgan fingerprint density at radius 3 is 2.48 bits per heavy atom. The van der Waals surface area contributed by atoms with Crippen molar-refractivity contribution in [2.75, 3.05) is 4.72 Å². The summed E-state index contributed by atoms with van der Waals surface area (Å²) in [5, 5.41) is 9.57. The Labute approximate surface area is 141 Å². The van der Waals surface area contributed by atoms with Gasteiger partial charge in [0.2, 0.25) is 0 Å². The summed E-state index contributed by atoms with van der Waals surface area (Å²) in [6.07, 6.45) is 0. The SMILES string of the molecule is CC(=O)c1cc(NS(=O)(=O)c2cc(Cl)cc(Cl)c2O)ccc1F. The van der Waals surface area contributed by atoms with E-state index in [1.807, 2.05) is 0 Å². The molecule has 0 amide bonds. The molecule has 0 aliphatic heterocycles. The number of rotatable bonds is 4. The number of carbonyl (C=O) groups excluding carboxylic acids is 1. The molecule has 0 spiro atoms. The van der Waals surface area contributed by atoms with E-state index in [0.717, 1.165) is 31.2 Å². The quantitative estimate of drug-likeness (QED) is 0.792. The molecule has 2 aromatic rings. The average Bonchev–Trinajstić information content (AvgIpc) is 2.44. The molecule has 0 heterocycles. The van der Waals surface area contributed by atoms with Crippen molar-refractivity contribution in [2.24, 2.45) is 0 Å². The van der Waals surface area contributed by atoms with Crippen molar-refractivity contribution < 1.29 is 22.7 Å². The summed E-state index contributed by atoms with van der Waals surface area (Å²) in [5.41, 5.74) is -0.314. The number of hydrogen-bond donors (Lipinski definition) is 2. The highest BCUT2D eigenvalue weighted by atomic mass is 35.5. The van der Waals surface area contributed by atoms with Gasteiger partial charge in [0.15, 0.2) is 11.5 Å². The van der Waals surface area contributed by atoms with E-state index in [0.29, 0.717) is 0 Å². The van der Waals surface area contributed by atoms with Crippen molar-refractivity contribution in [3.63, 3.8) is 0 Å². The third kappa shape index (κ3) is 3.74. The normalized spacial score (nSPS) is 11.3. The van der Waals surface area contributed by atoms with Crippen LogP contribution in [0.2, 0.25) is 10.0 Å². The fraction of sp³-hybridized carbons (Fsp3) is 0.0714. The van der Waals surface area contributed by atoms with E-state index in [9.17, 15) is 22.7 Å². The second-order valence-corrected chi connectivity index (χ2v) is 7.09. The number of sulfonamides is 1. The van der Waals surface area contributed by atoms with Crippen LogP contribution < -0.4 is 4.72 Å². The molecule has 0 fully saturated rings. The molecular weight excluding hydrogens is 368 g/mol. The summed E-state index contributed by atoms with van der Waals surface area (Å²) in [4.78, 5) is 10.8. The first-order chi connectivity index (χ1) is 10.6. The zero-order valence-corrected chi connectivity index (χ0v) is 13.9. The van der Waals surface area contributed by atoms with Gasteiger partial charge >= 0.3 is 0 Å². The van der Waals surface area contributed by atoms with E-state index >= 15 is 0 Å². The maximum absolute atomic E-state index is 13.5. The van der Waals surface area contributed by atoms with E-state index in [4.69, 9.17) is 23.2 Å². The number of benzene rings is 2. The van der Waals surface area contributed by atoms with E-state index in [-0.39, 0.29) is 21.3 Å². The lowest BCUT2D eigenvalue weighted by molar-refractivity contribution is 0.101. The lowest BCUT2D eigenvalue weighted by Gasteiger charge is -2.11. The number of halogens is 3. The fourth-order valence-corrected chi connectivity index (χ4v) is 3.62. The van der Waals surface area contributed by atoms with Gasteiger partial charge in [0.05, 0.1) is 10.6 Å². The molecule has 2 rings (SSSR count). The molecule has 0 unspecified atom stereocenters. The first-order valence-corrected chi connectivity index (χ1v) is 8.37. The predicted molar refractivity (Wildman–Crippen MR) is 85.3 cm³/mol. The van der Waals surface area contributed by atoms with Gasteiger partial charge < -0.3 is 5.11 Å². The van der Waals surface area contributed by atoms with Crippen molar-refractivity contribution in [1.82, 2.24) is 0 Å². The van der Waals surface area contributed by atoms with Crippen LogP contribution in [0.1, 0.15) is 17.3 Å². The van der Waals surface area contributed by atoms with Crippen LogP contribution in [0.3, 0.4) is 0 Å². The number of ketones is 1. The Bertz CT molecular complexity index is 900. The van der Waals surface area contributed by atoms with Crippen LogP contribution in [-0.4, -0.2) is 19.3 Å². The summed E-state index contributed by atoms with van der Waals surface area (Å²) in [6.45, 7) is 1.15. The average molecular weight is 378 g/mol. The van der Waals surface area contributed by atoms with Crippen LogP contribution in [0.5, 0.6) is 5.75 Å². The van der Waals surface area contributed by atoms with Gasteiger partial charge in [0.25, 0.3) is 10.0 Å². The van der Waals surface area contributed by atoms with E-state index in [2.05, 4.69) is 4.72 Å². The van der Waals surface area contributed by atoms with Crippen LogP contribution in [0, 0.1) is 5.82 Å². The second-order valence-electron chi connectivity index (χ2n) is 4.59. The van der Waals surface area contributed by atoms with Crippen LogP contribution in [-0.2, 0) is 10.0 Å². The Balaban J connectivity index is 2.47. The molecule has 0 aliphatic rings. The topological polar surface area (TPSA) is 83.5 Å². The van der Waals surface area contributed by atoms with Gasteiger partial charge in [-0.15, -0.1) is 0 Å². The van der Waals surface area contributed by atoms with Gasteiger partial charge in [-0.3, -0.25) is 9.52 Å². The number of nitrogens with one attached hydrogen (secondary N) is 1. The number of Topliss-reactive ketones (excluding diaryl/α,β-unsaturated/α-hetero) is 1. The molecule has 0 saturated heterocycles. The molecule has 0 radical (unpaired) electrons. The number of phenolic OH excluding ortho intramolecular Hbond substituents is 1. The lowest BCUT2D eigenvalue weighted by Crippen LogP contribution is -2.14. The largest absolute Gasteiger partial charge is 0.505 e. The standard InChI is InChI=1S/C14H10Cl2FNO4S/c1-7(19)10-6-9(2-3-12(10)17)18-23(21,22)13-5-8(15)4-11(16)14(13)20/h2-6,18,20H,1H3. The summed E-state index contributed by atoms with van der Waals surface area (Å²) < 4.78 is 40.3. The van der Waals surface area contributed by atoms with Gasteiger partial charge in [0, 0.05) is 10.7 Å². The minimum Gasteiger partial charge on any atom is -0.505 e. The minimum absolute atomic E-state index is 0.0108. The zero-order chi connectivity index (χ0) is 17.4. The van der Waals surface area contributed by atoms with Gasteiger partial charge in [-0.25, -0.2) is 12.8 Å². The molecule has 23 heavy (non-hydrogen) atoms. The molecule has 0 saturated carbocycles. The van der Waals surface area contributed by atoms with Crippen molar-refractivity contribution in [1.29, 1.82) is 0 Å². The molecular formula is C14H10Cl2FNO4S. The third-order valence-corrected chi connectivity index (χ3v) is 4.78. The highest BCUT2D eigenvalue weighted by Crippen LogP contribution is 2.35. The molecule has 0 aromatic heterocycles. The molecule has 2 aromatic carbocycles. The highest BCUT2D eigenvalue weighted by Gasteiger charge is 2.22. The first-order valence-electron chi connectivity index (χ1n) is 6.13. The van der Waals surface area contributed by atoms with Crippen molar-refractivity contribution in [2.45, 2.75) is 11.8 Å². The van der Waals surface area contributed by atoms with E-state index < -0.39 is 32.3 Å². The Hall–Kier alpha value is -1.83. The smallest absolute Gasteiger partial charge is 0.265 e. The number of hydrogen-bond acceptors (Lipinski definition) is 4. The van der Waals surface area contributed by atoms with Crippen molar-refractivity contribution in [3.8, 4) is 5.75 Å². The first kappa shape index (κ1) is 17.5. The molecule has 0 aliphatic carbocycles. The van der Waals surface area contributed by atoms with Crippen molar-refractivity contribution in [3.05, 3.63) is 51.8 Å². The van der Waals surface area contributed by atoms with Crippen LogP contribution >= 0.6 is 23.2 Å². The second kappa shape index (κ2) is 6.35. The summed E-state index contributed by atoms with van der Waals surface area (Å²) in [6, 6.07) is 5.35. The van der Waals surface area contributed by atoms with Gasteiger partial charge in [-0.1, -0.05) is 23.2 Å². The molecule has 9 heteroatoms. The summed E-state index contributed by atoms with van der Waals surface area (Å²) in [7, 11) is -4.25. The number of aromatic hydroxyl groups is 1.